The Morgan fingerprint density at radius 1 is 1.37 bits per heavy atom. The fraction of sp³-hybridized carbons (Fsp3) is 0.538. The van der Waals surface area contributed by atoms with Gasteiger partial charge in [0.1, 0.15) is 10.7 Å². The molecule has 0 bridgehead atoms. The van der Waals surface area contributed by atoms with Crippen LogP contribution >= 0.6 is 0 Å². The molecule has 2 atom stereocenters. The highest BCUT2D eigenvalue weighted by atomic mass is 32.2. The second kappa shape index (κ2) is 5.56. The van der Waals surface area contributed by atoms with Crippen molar-refractivity contribution in [1.29, 1.82) is 0 Å². The number of nitrogens with zero attached hydrogens (tertiary/aromatic N) is 1. The van der Waals surface area contributed by atoms with Crippen LogP contribution in [0.2, 0.25) is 0 Å². The van der Waals surface area contributed by atoms with Gasteiger partial charge < -0.3 is 5.73 Å². The summed E-state index contributed by atoms with van der Waals surface area (Å²) in [5.41, 5.74) is 5.63. The van der Waals surface area contributed by atoms with Crippen LogP contribution in [-0.4, -0.2) is 31.9 Å². The minimum absolute atomic E-state index is 0.118. The smallest absolute Gasteiger partial charge is 0.246 e. The summed E-state index contributed by atoms with van der Waals surface area (Å²) in [6.45, 7) is 2.68. The van der Waals surface area contributed by atoms with Gasteiger partial charge in [-0.1, -0.05) is 12.1 Å². The van der Waals surface area contributed by atoms with Crippen molar-refractivity contribution in [3.63, 3.8) is 0 Å². The maximum atomic E-state index is 13.7. The SMILES string of the molecule is CC1CCC(CN)CN1S(=O)(=O)c1ccccc1F. The minimum atomic E-state index is -3.78. The topological polar surface area (TPSA) is 63.4 Å². The molecule has 1 aliphatic heterocycles. The van der Waals surface area contributed by atoms with Crippen molar-refractivity contribution in [2.24, 2.45) is 11.7 Å². The lowest BCUT2D eigenvalue weighted by Gasteiger charge is -2.36. The molecular weight excluding hydrogens is 267 g/mol. The predicted octanol–water partition coefficient (Wildman–Crippen LogP) is 1.57. The van der Waals surface area contributed by atoms with Crippen LogP contribution in [0.4, 0.5) is 4.39 Å². The molecule has 4 nitrogen and oxygen atoms in total. The number of piperidine rings is 1. The number of hydrogen-bond acceptors (Lipinski definition) is 3. The molecule has 1 aromatic rings. The van der Waals surface area contributed by atoms with Gasteiger partial charge in [0.2, 0.25) is 10.0 Å². The summed E-state index contributed by atoms with van der Waals surface area (Å²) in [5.74, 6) is -0.553. The van der Waals surface area contributed by atoms with Gasteiger partial charge in [0, 0.05) is 12.6 Å². The fourth-order valence-corrected chi connectivity index (χ4v) is 4.26. The fourth-order valence-electron chi connectivity index (χ4n) is 2.45. The Kier molecular flexibility index (Phi) is 4.23. The first-order chi connectivity index (χ1) is 8.96. The van der Waals surface area contributed by atoms with Crippen molar-refractivity contribution in [2.45, 2.75) is 30.7 Å². The average molecular weight is 286 g/mol. The van der Waals surface area contributed by atoms with Crippen molar-refractivity contribution in [1.82, 2.24) is 4.31 Å². The first kappa shape index (κ1) is 14.4. The van der Waals surface area contributed by atoms with Gasteiger partial charge in [0.25, 0.3) is 0 Å². The van der Waals surface area contributed by atoms with Gasteiger partial charge in [0.05, 0.1) is 0 Å². The molecule has 0 radical (unpaired) electrons. The summed E-state index contributed by atoms with van der Waals surface area (Å²) in [7, 11) is -3.78. The van der Waals surface area contributed by atoms with Crippen LogP contribution in [-0.2, 0) is 10.0 Å². The summed E-state index contributed by atoms with van der Waals surface area (Å²) in [5, 5.41) is 0. The Balaban J connectivity index is 2.36. The highest BCUT2D eigenvalue weighted by Gasteiger charge is 2.35. The molecule has 0 amide bonds. The number of benzene rings is 1. The van der Waals surface area contributed by atoms with E-state index in [4.69, 9.17) is 5.73 Å². The van der Waals surface area contributed by atoms with Gasteiger partial charge in [-0.2, -0.15) is 4.31 Å². The van der Waals surface area contributed by atoms with E-state index in [0.717, 1.165) is 12.8 Å². The Bertz CT molecular complexity index is 547. The van der Waals surface area contributed by atoms with Crippen LogP contribution in [0, 0.1) is 11.7 Å². The van der Waals surface area contributed by atoms with Crippen molar-refractivity contribution in [3.8, 4) is 0 Å². The Morgan fingerprint density at radius 3 is 2.68 bits per heavy atom. The van der Waals surface area contributed by atoms with E-state index in [9.17, 15) is 12.8 Å². The highest BCUT2D eigenvalue weighted by molar-refractivity contribution is 7.89. The lowest BCUT2D eigenvalue weighted by atomic mass is 9.96. The second-order valence-electron chi connectivity index (χ2n) is 5.03. The average Bonchev–Trinajstić information content (AvgIpc) is 2.39. The number of halogens is 1. The number of rotatable bonds is 3. The van der Waals surface area contributed by atoms with Gasteiger partial charge in [-0.15, -0.1) is 0 Å². The minimum Gasteiger partial charge on any atom is -0.330 e. The number of hydrogen-bond donors (Lipinski definition) is 1. The summed E-state index contributed by atoms with van der Waals surface area (Å²) in [4.78, 5) is -0.250. The first-order valence-corrected chi connectivity index (χ1v) is 7.87. The molecule has 1 aliphatic rings. The van der Waals surface area contributed by atoms with E-state index in [1.807, 2.05) is 6.92 Å². The van der Waals surface area contributed by atoms with E-state index < -0.39 is 15.8 Å². The molecule has 1 saturated heterocycles. The molecule has 1 aromatic carbocycles. The van der Waals surface area contributed by atoms with Gasteiger partial charge in [-0.25, -0.2) is 12.8 Å². The molecule has 0 saturated carbocycles. The highest BCUT2D eigenvalue weighted by Crippen LogP contribution is 2.28. The zero-order valence-corrected chi connectivity index (χ0v) is 11.7. The molecule has 0 spiro atoms. The quantitative estimate of drug-likeness (QED) is 0.917. The zero-order valence-electron chi connectivity index (χ0n) is 10.9. The Hall–Kier alpha value is -0.980. The van der Waals surface area contributed by atoms with Gasteiger partial charge in [-0.05, 0) is 44.4 Å². The lowest BCUT2D eigenvalue weighted by molar-refractivity contribution is 0.210. The normalized spacial score (nSPS) is 25.4. The molecule has 0 aromatic heterocycles. The van der Waals surface area contributed by atoms with Crippen LogP contribution in [0.3, 0.4) is 0 Å². The molecule has 6 heteroatoms. The van der Waals surface area contributed by atoms with Crippen molar-refractivity contribution in [2.75, 3.05) is 13.1 Å². The molecule has 2 unspecified atom stereocenters. The van der Waals surface area contributed by atoms with Crippen molar-refractivity contribution < 1.29 is 12.8 Å². The third-order valence-electron chi connectivity index (χ3n) is 3.68. The van der Waals surface area contributed by atoms with Gasteiger partial charge in [-0.3, -0.25) is 0 Å². The molecule has 2 N–H and O–H groups in total. The summed E-state index contributed by atoms with van der Waals surface area (Å²) in [6, 6.07) is 5.37. The van der Waals surface area contributed by atoms with E-state index in [1.165, 1.54) is 28.6 Å². The lowest BCUT2D eigenvalue weighted by Crippen LogP contribution is -2.47. The van der Waals surface area contributed by atoms with Crippen LogP contribution in [0.5, 0.6) is 0 Å². The summed E-state index contributed by atoms with van der Waals surface area (Å²) < 4.78 is 40.1. The van der Waals surface area contributed by atoms with Crippen LogP contribution in [0.1, 0.15) is 19.8 Å². The van der Waals surface area contributed by atoms with Gasteiger partial charge in [0.15, 0.2) is 0 Å². The molecular formula is C13H19FN2O2S. The Labute approximate surface area is 113 Å². The molecule has 19 heavy (non-hydrogen) atoms. The van der Waals surface area contributed by atoms with Crippen LogP contribution < -0.4 is 5.73 Å². The largest absolute Gasteiger partial charge is 0.330 e. The first-order valence-electron chi connectivity index (χ1n) is 6.43. The molecule has 106 valence electrons. The van der Waals surface area contributed by atoms with Crippen molar-refractivity contribution in [3.05, 3.63) is 30.1 Å². The molecule has 1 heterocycles. The van der Waals surface area contributed by atoms with Gasteiger partial charge >= 0.3 is 0 Å². The third-order valence-corrected chi connectivity index (χ3v) is 5.69. The third kappa shape index (κ3) is 2.80. The van der Waals surface area contributed by atoms with E-state index in [-0.39, 0.29) is 16.9 Å². The Morgan fingerprint density at radius 2 is 2.05 bits per heavy atom. The standard InChI is InChI=1S/C13H19FN2O2S/c1-10-6-7-11(8-15)9-16(10)19(17,18)13-5-3-2-4-12(13)14/h2-5,10-11H,6-9,15H2,1H3. The molecule has 1 fully saturated rings. The maximum Gasteiger partial charge on any atom is 0.246 e. The van der Waals surface area contributed by atoms with E-state index in [1.54, 1.807) is 0 Å². The van der Waals surface area contributed by atoms with Crippen LogP contribution in [0.25, 0.3) is 0 Å². The summed E-state index contributed by atoms with van der Waals surface area (Å²) in [6.07, 6.45) is 1.68. The van der Waals surface area contributed by atoms with Crippen molar-refractivity contribution >= 4 is 10.0 Å². The number of nitrogens with two attached hydrogens (primary N) is 1. The monoisotopic (exact) mass is 286 g/mol. The van der Waals surface area contributed by atoms with Crippen LogP contribution in [0.15, 0.2) is 29.2 Å². The number of sulfonamides is 1. The second-order valence-corrected chi connectivity index (χ2v) is 6.89. The maximum absolute atomic E-state index is 13.7. The predicted molar refractivity (Wildman–Crippen MR) is 71.5 cm³/mol. The van der Waals surface area contributed by atoms with E-state index in [0.29, 0.717) is 13.1 Å². The van der Waals surface area contributed by atoms with E-state index >= 15 is 0 Å². The van der Waals surface area contributed by atoms with E-state index in [2.05, 4.69) is 0 Å². The zero-order chi connectivity index (χ0) is 14.0. The molecule has 2 rings (SSSR count). The summed E-state index contributed by atoms with van der Waals surface area (Å²) >= 11 is 0. The molecule has 0 aliphatic carbocycles.